The topological polar surface area (TPSA) is 72.2 Å². The molecule has 0 spiro atoms. The Kier molecular flexibility index (Phi) is 23.6. The first-order valence-corrected chi connectivity index (χ1v) is 10.5. The van der Waals surface area contributed by atoms with Gasteiger partial charge in [-0.1, -0.05) is 21.3 Å². The Hall–Kier alpha value is -0.700. The van der Waals surface area contributed by atoms with Gasteiger partial charge < -0.3 is 31.9 Å². The van der Waals surface area contributed by atoms with Gasteiger partial charge in [0.2, 0.25) is 0 Å². The summed E-state index contributed by atoms with van der Waals surface area (Å²) in [5.74, 6) is 0. The van der Waals surface area contributed by atoms with Crippen molar-refractivity contribution in [2.45, 2.75) is 53.4 Å². The second-order valence-corrected chi connectivity index (χ2v) is 6.74. The molecule has 0 amide bonds. The molecule has 0 aromatic heterocycles. The van der Waals surface area contributed by atoms with Gasteiger partial charge in [0.15, 0.2) is 10.2 Å². The van der Waals surface area contributed by atoms with Crippen molar-refractivity contribution in [3.8, 4) is 0 Å². The molecule has 0 unspecified atom stereocenters. The molecule has 0 saturated heterocycles. The van der Waals surface area contributed by atoms with Crippen LogP contribution in [0, 0.1) is 0 Å². The monoisotopic (exact) mass is 406 g/mol. The highest BCUT2D eigenvalue weighted by Gasteiger charge is 1.95. The van der Waals surface area contributed by atoms with Crippen molar-refractivity contribution in [1.82, 2.24) is 31.9 Å². The molecule has 0 aliphatic rings. The maximum atomic E-state index is 5.17. The third-order valence-electron chi connectivity index (χ3n) is 3.41. The van der Waals surface area contributed by atoms with Crippen molar-refractivity contribution >= 4 is 34.7 Å². The lowest BCUT2D eigenvalue weighted by atomic mass is 10.3. The van der Waals surface area contributed by atoms with Gasteiger partial charge in [0.25, 0.3) is 0 Å². The maximum absolute atomic E-state index is 5.17. The van der Waals surface area contributed by atoms with Gasteiger partial charge >= 0.3 is 0 Å². The van der Waals surface area contributed by atoms with Crippen LogP contribution < -0.4 is 31.9 Å². The van der Waals surface area contributed by atoms with Gasteiger partial charge in [0, 0.05) is 26.2 Å². The fourth-order valence-electron chi connectivity index (χ4n) is 2.02. The van der Waals surface area contributed by atoms with Crippen LogP contribution in [0.15, 0.2) is 0 Å². The van der Waals surface area contributed by atoms with Crippen molar-refractivity contribution < 1.29 is 0 Å². The Balaban J connectivity index is 0. The molecule has 0 saturated carbocycles. The van der Waals surface area contributed by atoms with E-state index < -0.39 is 0 Å². The molecule has 6 nitrogen and oxygen atoms in total. The van der Waals surface area contributed by atoms with Gasteiger partial charge in [-0.25, -0.2) is 0 Å². The third kappa shape index (κ3) is 21.3. The molecule has 156 valence electrons. The molecular weight excluding hydrogens is 364 g/mol. The standard InChI is InChI=1S/C17H38N6S2.CH4/c1-3-8-20-16(24)22-14-6-12-18-10-5-11-19-13-7-15-23-17(25)21-9-4-2;/h18-19H,3-15H2,1-2H3,(H2,20,22,24)(H2,21,23,25);1H4. The van der Waals surface area contributed by atoms with E-state index in [1.807, 2.05) is 0 Å². The van der Waals surface area contributed by atoms with E-state index >= 15 is 0 Å². The van der Waals surface area contributed by atoms with Crippen molar-refractivity contribution in [2.75, 3.05) is 52.4 Å². The summed E-state index contributed by atoms with van der Waals surface area (Å²) in [6.45, 7) is 12.1. The van der Waals surface area contributed by atoms with E-state index in [0.717, 1.165) is 94.7 Å². The summed E-state index contributed by atoms with van der Waals surface area (Å²) < 4.78 is 0. The van der Waals surface area contributed by atoms with Crippen LogP contribution in [0.4, 0.5) is 0 Å². The number of thiocarbonyl (C=S) groups is 2. The molecule has 0 heterocycles. The van der Waals surface area contributed by atoms with Gasteiger partial charge in [-0.2, -0.15) is 0 Å². The summed E-state index contributed by atoms with van der Waals surface area (Å²) in [6.07, 6.45) is 5.50. The van der Waals surface area contributed by atoms with E-state index in [1.54, 1.807) is 0 Å². The molecule has 0 aromatic carbocycles. The minimum absolute atomic E-state index is 0. The number of nitrogens with one attached hydrogen (secondary N) is 6. The highest BCUT2D eigenvalue weighted by atomic mass is 32.1. The van der Waals surface area contributed by atoms with Gasteiger partial charge in [-0.3, -0.25) is 0 Å². The minimum atomic E-state index is 0. The van der Waals surface area contributed by atoms with Crippen LogP contribution in [0.1, 0.15) is 53.4 Å². The summed E-state index contributed by atoms with van der Waals surface area (Å²) in [5.41, 5.74) is 0. The molecule has 0 rings (SSSR count). The molecule has 0 aromatic rings. The van der Waals surface area contributed by atoms with Gasteiger partial charge in [0.05, 0.1) is 0 Å². The van der Waals surface area contributed by atoms with Crippen LogP contribution in [-0.2, 0) is 0 Å². The normalized spacial score (nSPS) is 9.92. The minimum Gasteiger partial charge on any atom is -0.363 e. The maximum Gasteiger partial charge on any atom is 0.166 e. The van der Waals surface area contributed by atoms with Gasteiger partial charge in [0.1, 0.15) is 0 Å². The second-order valence-electron chi connectivity index (χ2n) is 5.93. The van der Waals surface area contributed by atoms with Crippen LogP contribution in [0.5, 0.6) is 0 Å². The first-order chi connectivity index (χ1) is 12.2. The molecule has 0 radical (unpaired) electrons. The van der Waals surface area contributed by atoms with Crippen molar-refractivity contribution in [3.63, 3.8) is 0 Å². The molecular formula is C18H42N6S2. The van der Waals surface area contributed by atoms with Crippen LogP contribution in [0.2, 0.25) is 0 Å². The molecule has 0 fully saturated rings. The van der Waals surface area contributed by atoms with Crippen molar-refractivity contribution in [3.05, 3.63) is 0 Å². The van der Waals surface area contributed by atoms with Gasteiger partial charge in [-0.15, -0.1) is 0 Å². The number of hydrogen-bond acceptors (Lipinski definition) is 4. The fraction of sp³-hybridized carbons (Fsp3) is 0.889. The Bertz CT molecular complexity index is 299. The van der Waals surface area contributed by atoms with E-state index in [4.69, 9.17) is 24.4 Å². The van der Waals surface area contributed by atoms with Crippen LogP contribution in [-0.4, -0.2) is 62.6 Å². The quantitative estimate of drug-likeness (QED) is 0.171. The highest BCUT2D eigenvalue weighted by molar-refractivity contribution is 7.80. The van der Waals surface area contributed by atoms with E-state index in [1.165, 1.54) is 0 Å². The smallest absolute Gasteiger partial charge is 0.166 e. The van der Waals surface area contributed by atoms with E-state index in [0.29, 0.717) is 0 Å². The first kappa shape index (κ1) is 27.5. The van der Waals surface area contributed by atoms with Gasteiger partial charge in [-0.05, 0) is 82.7 Å². The number of rotatable bonds is 16. The molecule has 0 bridgehead atoms. The fourth-order valence-corrected chi connectivity index (χ4v) is 2.43. The predicted molar refractivity (Wildman–Crippen MR) is 124 cm³/mol. The average molecular weight is 407 g/mol. The zero-order chi connectivity index (χ0) is 18.6. The SMILES string of the molecule is C.CCCNC(=S)NCCCNCCCNCCCNC(=S)NCCC. The van der Waals surface area contributed by atoms with Crippen molar-refractivity contribution in [1.29, 1.82) is 0 Å². The third-order valence-corrected chi connectivity index (χ3v) is 3.99. The molecule has 26 heavy (non-hydrogen) atoms. The Morgan fingerprint density at radius 2 is 0.846 bits per heavy atom. The van der Waals surface area contributed by atoms with E-state index in [-0.39, 0.29) is 7.43 Å². The largest absolute Gasteiger partial charge is 0.363 e. The molecule has 0 aliphatic carbocycles. The number of hydrogen-bond donors (Lipinski definition) is 6. The van der Waals surface area contributed by atoms with Crippen LogP contribution in [0.25, 0.3) is 0 Å². The molecule has 0 aliphatic heterocycles. The lowest BCUT2D eigenvalue weighted by molar-refractivity contribution is 0.571. The van der Waals surface area contributed by atoms with E-state index in [2.05, 4.69) is 45.7 Å². The lowest BCUT2D eigenvalue weighted by Crippen LogP contribution is -2.37. The summed E-state index contributed by atoms with van der Waals surface area (Å²) in [7, 11) is 0. The Morgan fingerprint density at radius 1 is 0.538 bits per heavy atom. The zero-order valence-corrected chi connectivity index (χ0v) is 17.6. The lowest BCUT2D eigenvalue weighted by Gasteiger charge is -2.10. The summed E-state index contributed by atoms with van der Waals surface area (Å²) >= 11 is 10.3. The first-order valence-electron chi connectivity index (χ1n) is 9.65. The van der Waals surface area contributed by atoms with Crippen LogP contribution >= 0.6 is 24.4 Å². The molecule has 8 heteroatoms. The van der Waals surface area contributed by atoms with Crippen LogP contribution in [0.3, 0.4) is 0 Å². The average Bonchev–Trinajstić information content (AvgIpc) is 2.61. The molecule has 6 N–H and O–H groups in total. The zero-order valence-electron chi connectivity index (χ0n) is 16.0. The van der Waals surface area contributed by atoms with Crippen molar-refractivity contribution in [2.24, 2.45) is 0 Å². The summed E-state index contributed by atoms with van der Waals surface area (Å²) in [4.78, 5) is 0. The predicted octanol–water partition coefficient (Wildman–Crippen LogP) is 1.72. The summed E-state index contributed by atoms with van der Waals surface area (Å²) in [6, 6.07) is 0. The second kappa shape index (κ2) is 22.3. The molecule has 0 atom stereocenters. The highest BCUT2D eigenvalue weighted by Crippen LogP contribution is 1.80. The Labute approximate surface area is 172 Å². The Morgan fingerprint density at radius 3 is 1.19 bits per heavy atom. The summed E-state index contributed by atoms with van der Waals surface area (Å²) in [5, 5.41) is 21.2. The van der Waals surface area contributed by atoms with E-state index in [9.17, 15) is 0 Å².